The molecule has 0 bridgehead atoms. The van der Waals surface area contributed by atoms with Gasteiger partial charge in [0.25, 0.3) is 0 Å². The van der Waals surface area contributed by atoms with Crippen molar-refractivity contribution < 1.29 is 23.7 Å². The van der Waals surface area contributed by atoms with Gasteiger partial charge >= 0.3 is 0 Å². The minimum absolute atomic E-state index is 0.117. The summed E-state index contributed by atoms with van der Waals surface area (Å²) >= 11 is 1.40. The second kappa shape index (κ2) is 7.98. The van der Waals surface area contributed by atoms with Crippen LogP contribution in [0.3, 0.4) is 0 Å². The summed E-state index contributed by atoms with van der Waals surface area (Å²) < 4.78 is 22.5. The number of ketones is 1. The third-order valence-electron chi connectivity index (χ3n) is 4.45. The standard InChI is InChI=1S/C21H23NO5S/c1-22(2)14-7-13-10-18(28-21(13)17(11-14)26-5)19(23)12-8-15(24-3)20(27-6)16(9-12)25-4/h7-11H,1-6H3. The van der Waals surface area contributed by atoms with Crippen LogP contribution >= 0.6 is 11.3 Å². The van der Waals surface area contributed by atoms with E-state index >= 15 is 0 Å². The van der Waals surface area contributed by atoms with Crippen LogP contribution in [0.5, 0.6) is 23.0 Å². The molecule has 0 aliphatic carbocycles. The fourth-order valence-electron chi connectivity index (χ4n) is 2.98. The first kappa shape index (κ1) is 19.8. The Kier molecular flexibility index (Phi) is 5.65. The van der Waals surface area contributed by atoms with Crippen molar-refractivity contribution in [1.82, 2.24) is 0 Å². The van der Waals surface area contributed by atoms with Crippen molar-refractivity contribution in [2.24, 2.45) is 0 Å². The van der Waals surface area contributed by atoms with E-state index in [1.165, 1.54) is 32.7 Å². The first-order chi connectivity index (χ1) is 13.4. The molecule has 0 aliphatic rings. The summed E-state index contributed by atoms with van der Waals surface area (Å²) in [5.74, 6) is 1.97. The lowest BCUT2D eigenvalue weighted by atomic mass is 10.1. The highest BCUT2D eigenvalue weighted by Gasteiger charge is 2.20. The number of ether oxygens (including phenoxy) is 4. The maximum absolute atomic E-state index is 13.2. The lowest BCUT2D eigenvalue weighted by molar-refractivity contribution is 0.104. The molecule has 6 nitrogen and oxygen atoms in total. The van der Waals surface area contributed by atoms with E-state index < -0.39 is 0 Å². The van der Waals surface area contributed by atoms with Gasteiger partial charge in [-0.05, 0) is 29.7 Å². The van der Waals surface area contributed by atoms with Crippen LogP contribution in [0.2, 0.25) is 0 Å². The van der Waals surface area contributed by atoms with Crippen LogP contribution in [0.1, 0.15) is 15.2 Å². The van der Waals surface area contributed by atoms with E-state index in [0.717, 1.165) is 21.5 Å². The van der Waals surface area contributed by atoms with Crippen molar-refractivity contribution >= 4 is 32.9 Å². The average molecular weight is 401 g/mol. The van der Waals surface area contributed by atoms with E-state index in [1.807, 2.05) is 37.2 Å². The molecule has 1 aromatic heterocycles. The number of rotatable bonds is 7. The molecule has 0 N–H and O–H groups in total. The molecule has 0 aliphatic heterocycles. The van der Waals surface area contributed by atoms with Gasteiger partial charge in [-0.2, -0.15) is 0 Å². The number of hydrogen-bond acceptors (Lipinski definition) is 7. The molecule has 28 heavy (non-hydrogen) atoms. The Labute approximate surface area is 168 Å². The predicted octanol–water partition coefficient (Wildman–Crippen LogP) is 4.23. The van der Waals surface area contributed by atoms with Crippen LogP contribution in [0.15, 0.2) is 30.3 Å². The van der Waals surface area contributed by atoms with E-state index in [0.29, 0.717) is 27.7 Å². The molecule has 0 amide bonds. The minimum Gasteiger partial charge on any atom is -0.495 e. The van der Waals surface area contributed by atoms with Gasteiger partial charge in [0.15, 0.2) is 11.5 Å². The smallest absolute Gasteiger partial charge is 0.203 e. The van der Waals surface area contributed by atoms with Crippen LogP contribution in [-0.4, -0.2) is 48.3 Å². The molecule has 7 heteroatoms. The third-order valence-corrected chi connectivity index (χ3v) is 5.62. The normalized spacial score (nSPS) is 10.6. The summed E-state index contributed by atoms with van der Waals surface area (Å²) in [7, 11) is 10.2. The number of nitrogens with zero attached hydrogens (tertiary/aromatic N) is 1. The molecule has 0 atom stereocenters. The van der Waals surface area contributed by atoms with E-state index in [9.17, 15) is 4.79 Å². The Hall–Kier alpha value is -2.93. The van der Waals surface area contributed by atoms with Crippen LogP contribution < -0.4 is 23.8 Å². The first-order valence-electron chi connectivity index (χ1n) is 8.57. The fraction of sp³-hybridized carbons (Fsp3) is 0.286. The Morgan fingerprint density at radius 1 is 0.821 bits per heavy atom. The van der Waals surface area contributed by atoms with Crippen molar-refractivity contribution in [2.75, 3.05) is 47.4 Å². The Balaban J connectivity index is 2.11. The number of carbonyl (C=O) groups excluding carboxylic acids is 1. The maximum atomic E-state index is 13.2. The lowest BCUT2D eigenvalue weighted by Gasteiger charge is -2.14. The van der Waals surface area contributed by atoms with E-state index in [-0.39, 0.29) is 5.78 Å². The van der Waals surface area contributed by atoms with Gasteiger partial charge in [-0.3, -0.25) is 4.79 Å². The van der Waals surface area contributed by atoms with Gasteiger partial charge < -0.3 is 23.8 Å². The topological polar surface area (TPSA) is 57.2 Å². The molecule has 0 saturated carbocycles. The summed E-state index contributed by atoms with van der Waals surface area (Å²) in [4.78, 5) is 15.8. The highest BCUT2D eigenvalue weighted by molar-refractivity contribution is 7.21. The van der Waals surface area contributed by atoms with Gasteiger partial charge in [-0.25, -0.2) is 0 Å². The first-order valence-corrected chi connectivity index (χ1v) is 9.38. The summed E-state index contributed by atoms with van der Waals surface area (Å²) in [5, 5.41) is 0.962. The van der Waals surface area contributed by atoms with Crippen LogP contribution in [0.4, 0.5) is 5.69 Å². The van der Waals surface area contributed by atoms with Gasteiger partial charge in [0.05, 0.1) is 38.0 Å². The highest BCUT2D eigenvalue weighted by Crippen LogP contribution is 2.41. The molecule has 0 unspecified atom stereocenters. The predicted molar refractivity (Wildman–Crippen MR) is 112 cm³/mol. The van der Waals surface area contributed by atoms with Gasteiger partial charge in [-0.15, -0.1) is 11.3 Å². The Bertz CT molecular complexity index is 1000. The number of methoxy groups -OCH3 is 4. The molecular formula is C21H23NO5S. The van der Waals surface area contributed by atoms with Gasteiger partial charge in [-0.1, -0.05) is 0 Å². The zero-order valence-electron chi connectivity index (χ0n) is 16.8. The highest BCUT2D eigenvalue weighted by atomic mass is 32.1. The SMILES string of the molecule is COc1cc(C(=O)c2cc3cc(N(C)C)cc(OC)c3s2)cc(OC)c1OC. The Morgan fingerprint density at radius 3 is 1.93 bits per heavy atom. The fourth-order valence-corrected chi connectivity index (χ4v) is 4.08. The summed E-state index contributed by atoms with van der Waals surface area (Å²) in [6, 6.07) is 9.22. The second-order valence-electron chi connectivity index (χ2n) is 6.31. The zero-order valence-corrected chi connectivity index (χ0v) is 17.6. The molecule has 0 radical (unpaired) electrons. The molecule has 0 fully saturated rings. The van der Waals surface area contributed by atoms with Gasteiger partial charge in [0, 0.05) is 31.4 Å². The number of benzene rings is 2. The second-order valence-corrected chi connectivity index (χ2v) is 7.37. The van der Waals surface area contributed by atoms with Crippen molar-refractivity contribution in [1.29, 1.82) is 0 Å². The van der Waals surface area contributed by atoms with Gasteiger partial charge in [0.2, 0.25) is 11.5 Å². The molecule has 3 aromatic rings. The number of thiophene rings is 1. The van der Waals surface area contributed by atoms with Crippen molar-refractivity contribution in [3.8, 4) is 23.0 Å². The van der Waals surface area contributed by atoms with Crippen LogP contribution in [0, 0.1) is 0 Å². The summed E-state index contributed by atoms with van der Waals surface area (Å²) in [5.41, 5.74) is 1.47. The van der Waals surface area contributed by atoms with Crippen LogP contribution in [0.25, 0.3) is 10.1 Å². The molecule has 0 spiro atoms. The number of hydrogen-bond donors (Lipinski definition) is 0. The zero-order chi connectivity index (χ0) is 20.4. The largest absolute Gasteiger partial charge is 0.495 e. The minimum atomic E-state index is -0.117. The van der Waals surface area contributed by atoms with Crippen molar-refractivity contribution in [2.45, 2.75) is 0 Å². The molecular weight excluding hydrogens is 378 g/mol. The average Bonchev–Trinajstić information content (AvgIpc) is 3.15. The number of anilines is 1. The molecule has 0 saturated heterocycles. The summed E-state index contributed by atoms with van der Waals surface area (Å²) in [6.07, 6.45) is 0. The molecule has 1 heterocycles. The third kappa shape index (κ3) is 3.45. The van der Waals surface area contributed by atoms with E-state index in [4.69, 9.17) is 18.9 Å². The number of carbonyl (C=O) groups is 1. The van der Waals surface area contributed by atoms with Crippen LogP contribution in [-0.2, 0) is 0 Å². The number of fused-ring (bicyclic) bond motifs is 1. The maximum Gasteiger partial charge on any atom is 0.203 e. The summed E-state index contributed by atoms with van der Waals surface area (Å²) in [6.45, 7) is 0. The van der Waals surface area contributed by atoms with Crippen molar-refractivity contribution in [3.63, 3.8) is 0 Å². The monoisotopic (exact) mass is 401 g/mol. The van der Waals surface area contributed by atoms with Crippen molar-refractivity contribution in [3.05, 3.63) is 40.8 Å². The van der Waals surface area contributed by atoms with E-state index in [2.05, 4.69) is 0 Å². The lowest BCUT2D eigenvalue weighted by Crippen LogP contribution is -2.08. The molecule has 2 aromatic carbocycles. The van der Waals surface area contributed by atoms with E-state index in [1.54, 1.807) is 19.2 Å². The molecule has 148 valence electrons. The van der Waals surface area contributed by atoms with Gasteiger partial charge in [0.1, 0.15) is 5.75 Å². The molecule has 3 rings (SSSR count). The quantitative estimate of drug-likeness (QED) is 0.552. The Morgan fingerprint density at radius 2 is 1.43 bits per heavy atom.